The van der Waals surface area contributed by atoms with E-state index in [4.69, 9.17) is 0 Å². The van der Waals surface area contributed by atoms with E-state index in [1.807, 2.05) is 30.4 Å². The molecule has 2 aliphatic rings. The number of aryl methyl sites for hydroxylation is 2. The van der Waals surface area contributed by atoms with Gasteiger partial charge in [-0.05, 0) is 39.5 Å². The van der Waals surface area contributed by atoms with Crippen molar-refractivity contribution in [2.45, 2.75) is 65.1 Å². The Morgan fingerprint density at radius 3 is 2.36 bits per heavy atom. The average Bonchev–Trinajstić information content (AvgIpc) is 2.92. The molecule has 140 valence electrons. The van der Waals surface area contributed by atoms with Crippen molar-refractivity contribution in [3.05, 3.63) is 11.6 Å². The molecule has 1 unspecified atom stereocenters. The molecule has 0 saturated carbocycles. The lowest BCUT2D eigenvalue weighted by molar-refractivity contribution is -0.137. The van der Waals surface area contributed by atoms with Crippen molar-refractivity contribution in [3.63, 3.8) is 0 Å². The van der Waals surface area contributed by atoms with E-state index in [2.05, 4.69) is 15.0 Å². The van der Waals surface area contributed by atoms with Crippen molar-refractivity contribution in [1.29, 1.82) is 0 Å². The first-order chi connectivity index (χ1) is 11.9. The van der Waals surface area contributed by atoms with Crippen LogP contribution in [0.15, 0.2) is 0 Å². The number of aromatic nitrogens is 3. The van der Waals surface area contributed by atoms with Crippen molar-refractivity contribution in [1.82, 2.24) is 24.6 Å². The molecule has 7 heteroatoms. The maximum absolute atomic E-state index is 12.8. The second kappa shape index (κ2) is 7.83. The third-order valence-corrected chi connectivity index (χ3v) is 5.62. The van der Waals surface area contributed by atoms with Crippen molar-refractivity contribution in [2.24, 2.45) is 5.92 Å². The third kappa shape index (κ3) is 4.39. The predicted octanol–water partition coefficient (Wildman–Crippen LogP) is 0.979. The van der Waals surface area contributed by atoms with E-state index >= 15 is 0 Å². The molecule has 0 spiro atoms. The van der Waals surface area contributed by atoms with Crippen LogP contribution in [0, 0.1) is 19.8 Å². The number of aliphatic hydroxyl groups excluding tert-OH is 1. The van der Waals surface area contributed by atoms with E-state index in [9.17, 15) is 9.90 Å². The molecule has 0 radical (unpaired) electrons. The first-order valence-corrected chi connectivity index (χ1v) is 9.53. The van der Waals surface area contributed by atoms with Crippen LogP contribution in [-0.4, -0.2) is 73.9 Å². The van der Waals surface area contributed by atoms with E-state index in [-0.39, 0.29) is 17.9 Å². The summed E-state index contributed by atoms with van der Waals surface area (Å²) in [5.74, 6) is 1.76. The molecule has 1 aromatic heterocycles. The van der Waals surface area contributed by atoms with Gasteiger partial charge in [0.2, 0.25) is 5.91 Å². The van der Waals surface area contributed by atoms with Gasteiger partial charge < -0.3 is 14.9 Å². The van der Waals surface area contributed by atoms with Gasteiger partial charge in [0, 0.05) is 32.2 Å². The van der Waals surface area contributed by atoms with Crippen LogP contribution in [0.5, 0.6) is 0 Å². The van der Waals surface area contributed by atoms with Crippen LogP contribution in [0.4, 0.5) is 0 Å². The molecule has 2 aliphatic heterocycles. The Morgan fingerprint density at radius 1 is 1.16 bits per heavy atom. The van der Waals surface area contributed by atoms with E-state index in [1.54, 1.807) is 0 Å². The smallest absolute Gasteiger partial charge is 0.227 e. The highest BCUT2D eigenvalue weighted by molar-refractivity contribution is 5.78. The standard InChI is InChI=1S/C18H31N5O2/c1-13(12-23-15(3)19-14(2)20-23)18(25)22-8-4-16(5-9-22)21-10-6-17(24)7-11-21/h13,16-17,24H,4-12H2,1-3H3. The minimum Gasteiger partial charge on any atom is -0.393 e. The number of piperidine rings is 2. The Morgan fingerprint density at radius 2 is 1.80 bits per heavy atom. The number of rotatable bonds is 4. The monoisotopic (exact) mass is 349 g/mol. The number of aliphatic hydroxyl groups is 1. The molecule has 1 amide bonds. The van der Waals surface area contributed by atoms with Gasteiger partial charge in [-0.3, -0.25) is 4.79 Å². The summed E-state index contributed by atoms with van der Waals surface area (Å²) >= 11 is 0. The maximum atomic E-state index is 12.8. The Labute approximate surface area is 150 Å². The Bertz CT molecular complexity index is 586. The van der Waals surface area contributed by atoms with Gasteiger partial charge in [-0.25, -0.2) is 9.67 Å². The summed E-state index contributed by atoms with van der Waals surface area (Å²) in [5, 5.41) is 14.0. The quantitative estimate of drug-likeness (QED) is 0.877. The molecule has 3 heterocycles. The molecule has 0 bridgehead atoms. The largest absolute Gasteiger partial charge is 0.393 e. The molecular formula is C18H31N5O2. The second-order valence-electron chi connectivity index (χ2n) is 7.61. The van der Waals surface area contributed by atoms with E-state index < -0.39 is 0 Å². The molecule has 7 nitrogen and oxygen atoms in total. The first kappa shape index (κ1) is 18.3. The van der Waals surface area contributed by atoms with Gasteiger partial charge in [0.05, 0.1) is 18.6 Å². The number of hydrogen-bond acceptors (Lipinski definition) is 5. The highest BCUT2D eigenvalue weighted by Crippen LogP contribution is 2.22. The topological polar surface area (TPSA) is 74.5 Å². The van der Waals surface area contributed by atoms with Crippen LogP contribution in [0.25, 0.3) is 0 Å². The summed E-state index contributed by atoms with van der Waals surface area (Å²) in [5.41, 5.74) is 0. The van der Waals surface area contributed by atoms with Gasteiger partial charge >= 0.3 is 0 Å². The summed E-state index contributed by atoms with van der Waals surface area (Å²) in [6, 6.07) is 0.562. The van der Waals surface area contributed by atoms with E-state index in [1.165, 1.54) is 0 Å². The lowest BCUT2D eigenvalue weighted by Crippen LogP contribution is -2.50. The fourth-order valence-electron chi connectivity index (χ4n) is 4.09. The molecule has 2 saturated heterocycles. The van der Waals surface area contributed by atoms with E-state index in [0.717, 1.165) is 63.5 Å². The van der Waals surface area contributed by atoms with Crippen LogP contribution < -0.4 is 0 Å². The molecule has 0 aromatic carbocycles. The average molecular weight is 349 g/mol. The Hall–Kier alpha value is -1.47. The lowest BCUT2D eigenvalue weighted by atomic mass is 9.98. The minimum absolute atomic E-state index is 0.0820. The molecular weight excluding hydrogens is 318 g/mol. The summed E-state index contributed by atoms with van der Waals surface area (Å²) < 4.78 is 1.84. The summed E-state index contributed by atoms with van der Waals surface area (Å²) in [7, 11) is 0. The van der Waals surface area contributed by atoms with E-state index in [0.29, 0.717) is 12.6 Å². The van der Waals surface area contributed by atoms with Crippen LogP contribution in [0.3, 0.4) is 0 Å². The van der Waals surface area contributed by atoms with Crippen LogP contribution in [0.1, 0.15) is 44.3 Å². The fraction of sp³-hybridized carbons (Fsp3) is 0.833. The van der Waals surface area contributed by atoms with Crippen LogP contribution in [0.2, 0.25) is 0 Å². The fourth-order valence-corrected chi connectivity index (χ4v) is 4.09. The highest BCUT2D eigenvalue weighted by atomic mass is 16.3. The summed E-state index contributed by atoms with van der Waals surface area (Å²) in [4.78, 5) is 21.6. The number of amides is 1. The zero-order valence-corrected chi connectivity index (χ0v) is 15.7. The summed E-state index contributed by atoms with van der Waals surface area (Å²) in [6.07, 6.45) is 3.72. The summed E-state index contributed by atoms with van der Waals surface area (Å²) in [6.45, 7) is 10.0. The molecule has 2 fully saturated rings. The van der Waals surface area contributed by atoms with Gasteiger partial charge in [0.25, 0.3) is 0 Å². The van der Waals surface area contributed by atoms with Crippen LogP contribution in [-0.2, 0) is 11.3 Å². The Balaban J connectivity index is 1.48. The number of hydrogen-bond donors (Lipinski definition) is 1. The Kier molecular flexibility index (Phi) is 5.74. The van der Waals surface area contributed by atoms with Crippen LogP contribution >= 0.6 is 0 Å². The lowest BCUT2D eigenvalue weighted by Gasteiger charge is -2.41. The first-order valence-electron chi connectivity index (χ1n) is 9.53. The maximum Gasteiger partial charge on any atom is 0.227 e. The second-order valence-corrected chi connectivity index (χ2v) is 7.61. The third-order valence-electron chi connectivity index (χ3n) is 5.62. The molecule has 3 rings (SSSR count). The predicted molar refractivity (Wildman–Crippen MR) is 95.1 cm³/mol. The number of carbonyl (C=O) groups excluding carboxylic acids is 1. The van der Waals surface area contributed by atoms with Crippen molar-refractivity contribution >= 4 is 5.91 Å². The number of carbonyl (C=O) groups is 1. The van der Waals surface area contributed by atoms with Gasteiger partial charge in [-0.2, -0.15) is 5.10 Å². The number of nitrogens with zero attached hydrogens (tertiary/aromatic N) is 5. The molecule has 25 heavy (non-hydrogen) atoms. The SMILES string of the molecule is Cc1nc(C)n(CC(C)C(=O)N2CCC(N3CCC(O)CC3)CC2)n1. The molecule has 1 N–H and O–H groups in total. The highest BCUT2D eigenvalue weighted by Gasteiger charge is 2.30. The minimum atomic E-state index is -0.123. The van der Waals surface area contributed by atoms with Crippen molar-refractivity contribution in [2.75, 3.05) is 26.2 Å². The van der Waals surface area contributed by atoms with Gasteiger partial charge in [-0.15, -0.1) is 0 Å². The van der Waals surface area contributed by atoms with Gasteiger partial charge in [0.1, 0.15) is 11.6 Å². The van der Waals surface area contributed by atoms with Gasteiger partial charge in [0.15, 0.2) is 0 Å². The zero-order valence-electron chi connectivity index (χ0n) is 15.7. The molecule has 0 aliphatic carbocycles. The normalized spacial score (nSPS) is 22.3. The zero-order chi connectivity index (χ0) is 18.0. The van der Waals surface area contributed by atoms with Crippen molar-refractivity contribution < 1.29 is 9.90 Å². The van der Waals surface area contributed by atoms with Gasteiger partial charge in [-0.1, -0.05) is 6.92 Å². The van der Waals surface area contributed by atoms with Crippen molar-refractivity contribution in [3.8, 4) is 0 Å². The number of likely N-dealkylation sites (tertiary alicyclic amines) is 2. The molecule has 1 aromatic rings. The molecule has 1 atom stereocenters.